The lowest BCUT2D eigenvalue weighted by molar-refractivity contribution is 0.0966. The van der Waals surface area contributed by atoms with Crippen LogP contribution >= 0.6 is 12.2 Å². The second-order valence-electron chi connectivity index (χ2n) is 7.28. The first-order chi connectivity index (χ1) is 15.5. The molecule has 0 unspecified atom stereocenters. The number of aryl methyl sites for hydroxylation is 1. The minimum absolute atomic E-state index is 0.0301. The Morgan fingerprint density at radius 1 is 0.938 bits per heavy atom. The Hall–Kier alpha value is -3.71. The van der Waals surface area contributed by atoms with Crippen LogP contribution in [0.25, 0.3) is 5.69 Å². The molecule has 0 aliphatic heterocycles. The first-order valence-corrected chi connectivity index (χ1v) is 10.6. The van der Waals surface area contributed by atoms with Crippen molar-refractivity contribution in [2.24, 2.45) is 0 Å². The molecule has 1 heterocycles. The molecule has 1 aromatic heterocycles. The van der Waals surface area contributed by atoms with Gasteiger partial charge in [-0.25, -0.2) is 4.68 Å². The third kappa shape index (κ3) is 4.78. The third-order valence-electron chi connectivity index (χ3n) is 5.02. The molecule has 0 N–H and O–H groups in total. The first kappa shape index (κ1) is 21.5. The second-order valence-corrected chi connectivity index (χ2v) is 7.65. The zero-order valence-corrected chi connectivity index (χ0v) is 18.7. The molecule has 0 saturated heterocycles. The van der Waals surface area contributed by atoms with E-state index in [1.807, 2.05) is 66.1 Å². The Balaban J connectivity index is 1.65. The SMILES string of the molecule is COc1ccc(C(=O)Cn2nc(COc3ccccc3)n(-c3ccc(C)cc3)c2=S)cc1. The average molecular weight is 446 g/mol. The Morgan fingerprint density at radius 3 is 2.28 bits per heavy atom. The van der Waals surface area contributed by atoms with Gasteiger partial charge in [0.05, 0.1) is 7.11 Å². The standard InChI is InChI=1S/C25H23N3O3S/c1-18-8-12-20(13-9-18)28-24(17-31-22-6-4-3-5-7-22)26-27(25(28)32)16-23(29)19-10-14-21(30-2)15-11-19/h3-15H,16-17H2,1-2H3. The van der Waals surface area contributed by atoms with Gasteiger partial charge in [0.2, 0.25) is 4.77 Å². The van der Waals surface area contributed by atoms with Gasteiger partial charge in [0, 0.05) is 11.3 Å². The normalized spacial score (nSPS) is 10.7. The number of methoxy groups -OCH3 is 1. The van der Waals surface area contributed by atoms with Gasteiger partial charge in [-0.15, -0.1) is 0 Å². The van der Waals surface area contributed by atoms with Crippen molar-refractivity contribution in [3.8, 4) is 17.2 Å². The van der Waals surface area contributed by atoms with Crippen LogP contribution in [0.2, 0.25) is 0 Å². The van der Waals surface area contributed by atoms with Gasteiger partial charge >= 0.3 is 0 Å². The fourth-order valence-corrected chi connectivity index (χ4v) is 3.59. The smallest absolute Gasteiger partial charge is 0.203 e. The van der Waals surface area contributed by atoms with Gasteiger partial charge in [-0.05, 0) is 67.7 Å². The summed E-state index contributed by atoms with van der Waals surface area (Å²) in [7, 11) is 1.59. The number of Topliss-reactive ketones (excluding diaryl/α,β-unsaturated/α-hetero) is 1. The molecule has 0 fully saturated rings. The summed E-state index contributed by atoms with van der Waals surface area (Å²) in [5, 5.41) is 4.63. The van der Waals surface area contributed by atoms with Crippen LogP contribution in [0.4, 0.5) is 0 Å². The maximum absolute atomic E-state index is 12.9. The van der Waals surface area contributed by atoms with Crippen LogP contribution < -0.4 is 9.47 Å². The van der Waals surface area contributed by atoms with Crippen LogP contribution in [0.5, 0.6) is 11.5 Å². The summed E-state index contributed by atoms with van der Waals surface area (Å²) in [6.07, 6.45) is 0. The molecule has 7 heteroatoms. The molecule has 0 spiro atoms. The molecule has 0 radical (unpaired) electrons. The molecule has 0 bridgehead atoms. The van der Waals surface area contributed by atoms with E-state index in [1.165, 1.54) is 0 Å². The summed E-state index contributed by atoms with van der Waals surface area (Å²) in [4.78, 5) is 12.9. The zero-order chi connectivity index (χ0) is 22.5. The topological polar surface area (TPSA) is 58.3 Å². The Morgan fingerprint density at radius 2 is 1.62 bits per heavy atom. The highest BCUT2D eigenvalue weighted by molar-refractivity contribution is 7.71. The predicted octanol–water partition coefficient (Wildman–Crippen LogP) is 5.18. The number of rotatable bonds is 8. The van der Waals surface area contributed by atoms with Crippen molar-refractivity contribution in [1.29, 1.82) is 0 Å². The minimum Gasteiger partial charge on any atom is -0.497 e. The van der Waals surface area contributed by atoms with E-state index in [1.54, 1.807) is 36.1 Å². The highest BCUT2D eigenvalue weighted by Gasteiger charge is 2.16. The van der Waals surface area contributed by atoms with Crippen molar-refractivity contribution in [2.45, 2.75) is 20.1 Å². The highest BCUT2D eigenvalue weighted by atomic mass is 32.1. The molecule has 0 aliphatic carbocycles. The number of para-hydroxylation sites is 1. The Kier molecular flexibility index (Phi) is 6.47. The number of ketones is 1. The number of benzene rings is 3. The van der Waals surface area contributed by atoms with Crippen LogP contribution in [0, 0.1) is 11.7 Å². The summed E-state index contributed by atoms with van der Waals surface area (Å²) in [5.74, 6) is 1.96. The minimum atomic E-state index is -0.0900. The van der Waals surface area contributed by atoms with E-state index in [-0.39, 0.29) is 18.9 Å². The fraction of sp³-hybridized carbons (Fsp3) is 0.160. The number of carbonyl (C=O) groups is 1. The number of hydrogen-bond donors (Lipinski definition) is 0. The van der Waals surface area contributed by atoms with E-state index in [4.69, 9.17) is 21.7 Å². The van der Waals surface area contributed by atoms with E-state index < -0.39 is 0 Å². The third-order valence-corrected chi connectivity index (χ3v) is 5.41. The highest BCUT2D eigenvalue weighted by Crippen LogP contribution is 2.18. The van der Waals surface area contributed by atoms with E-state index in [2.05, 4.69) is 5.10 Å². The fourth-order valence-electron chi connectivity index (χ4n) is 3.27. The van der Waals surface area contributed by atoms with Crippen molar-refractivity contribution in [3.63, 3.8) is 0 Å². The van der Waals surface area contributed by atoms with Gasteiger partial charge in [0.25, 0.3) is 0 Å². The molecule has 0 saturated carbocycles. The Bertz CT molecular complexity index is 1260. The molecule has 3 aromatic carbocycles. The lowest BCUT2D eigenvalue weighted by atomic mass is 10.1. The van der Waals surface area contributed by atoms with Gasteiger partial charge in [-0.2, -0.15) is 5.10 Å². The van der Waals surface area contributed by atoms with Crippen LogP contribution in [-0.2, 0) is 13.2 Å². The number of aromatic nitrogens is 3. The van der Waals surface area contributed by atoms with Crippen molar-refractivity contribution >= 4 is 18.0 Å². The van der Waals surface area contributed by atoms with Crippen LogP contribution in [0.15, 0.2) is 78.9 Å². The number of hydrogen-bond acceptors (Lipinski definition) is 5. The zero-order valence-electron chi connectivity index (χ0n) is 17.9. The maximum Gasteiger partial charge on any atom is 0.203 e. The van der Waals surface area contributed by atoms with E-state index >= 15 is 0 Å². The molecule has 0 aliphatic rings. The number of nitrogens with zero attached hydrogens (tertiary/aromatic N) is 3. The van der Waals surface area contributed by atoms with Crippen molar-refractivity contribution in [1.82, 2.24) is 14.3 Å². The van der Waals surface area contributed by atoms with Crippen LogP contribution in [0.1, 0.15) is 21.7 Å². The van der Waals surface area contributed by atoms with Crippen LogP contribution in [0.3, 0.4) is 0 Å². The van der Waals surface area contributed by atoms with E-state index in [0.29, 0.717) is 21.9 Å². The van der Waals surface area contributed by atoms with E-state index in [9.17, 15) is 4.79 Å². The first-order valence-electron chi connectivity index (χ1n) is 10.2. The van der Waals surface area contributed by atoms with Gasteiger partial charge in [0.15, 0.2) is 11.6 Å². The van der Waals surface area contributed by atoms with Crippen molar-refractivity contribution in [2.75, 3.05) is 7.11 Å². The summed E-state index contributed by atoms with van der Waals surface area (Å²) in [6.45, 7) is 2.27. The van der Waals surface area contributed by atoms with Gasteiger partial charge in [0.1, 0.15) is 24.7 Å². The average Bonchev–Trinajstić information content (AvgIpc) is 3.13. The van der Waals surface area contributed by atoms with Gasteiger partial charge in [-0.1, -0.05) is 35.9 Å². The molecule has 0 amide bonds. The largest absolute Gasteiger partial charge is 0.497 e. The second kappa shape index (κ2) is 9.62. The van der Waals surface area contributed by atoms with Gasteiger partial charge in [-0.3, -0.25) is 9.36 Å². The summed E-state index contributed by atoms with van der Waals surface area (Å²) in [5.41, 5.74) is 2.58. The quantitative estimate of drug-likeness (QED) is 0.276. The van der Waals surface area contributed by atoms with Crippen LogP contribution in [-0.4, -0.2) is 27.2 Å². The molecule has 162 valence electrons. The summed E-state index contributed by atoms with van der Waals surface area (Å²) < 4.78 is 14.9. The van der Waals surface area contributed by atoms with Crippen molar-refractivity contribution < 1.29 is 14.3 Å². The lowest BCUT2D eigenvalue weighted by Crippen LogP contribution is -2.12. The summed E-state index contributed by atoms with van der Waals surface area (Å²) >= 11 is 5.70. The lowest BCUT2D eigenvalue weighted by Gasteiger charge is -2.08. The monoisotopic (exact) mass is 445 g/mol. The number of carbonyl (C=O) groups excluding carboxylic acids is 1. The number of ether oxygens (including phenoxy) is 2. The molecule has 6 nitrogen and oxygen atoms in total. The van der Waals surface area contributed by atoms with E-state index in [0.717, 1.165) is 17.0 Å². The maximum atomic E-state index is 12.9. The molecule has 4 aromatic rings. The predicted molar refractivity (Wildman–Crippen MR) is 125 cm³/mol. The van der Waals surface area contributed by atoms with Crippen molar-refractivity contribution in [3.05, 3.63) is 101 Å². The molecule has 32 heavy (non-hydrogen) atoms. The van der Waals surface area contributed by atoms with Gasteiger partial charge < -0.3 is 9.47 Å². The Labute approximate surface area is 191 Å². The molecule has 0 atom stereocenters. The summed E-state index contributed by atoms with van der Waals surface area (Å²) in [6, 6.07) is 24.5. The molecular weight excluding hydrogens is 422 g/mol. The molecular formula is C25H23N3O3S. The molecule has 4 rings (SSSR count).